The maximum Gasteiger partial charge on any atom is 0.191 e. The van der Waals surface area contributed by atoms with Gasteiger partial charge in [0.2, 0.25) is 0 Å². The molecule has 0 saturated carbocycles. The number of rotatable bonds is 3. The molecule has 0 bridgehead atoms. The summed E-state index contributed by atoms with van der Waals surface area (Å²) in [7, 11) is 0. The highest BCUT2D eigenvalue weighted by molar-refractivity contribution is 7.13. The van der Waals surface area contributed by atoms with E-state index in [1.54, 1.807) is 11.3 Å². The lowest BCUT2D eigenvalue weighted by Gasteiger charge is -1.95. The minimum atomic E-state index is 0.783. The van der Waals surface area contributed by atoms with Crippen LogP contribution in [0.2, 0.25) is 0 Å². The van der Waals surface area contributed by atoms with Crippen LogP contribution in [0.5, 0.6) is 0 Å². The van der Waals surface area contributed by atoms with Crippen molar-refractivity contribution < 1.29 is 0 Å². The van der Waals surface area contributed by atoms with Gasteiger partial charge in [-0.3, -0.25) is 5.10 Å². The second-order valence-corrected chi connectivity index (χ2v) is 4.69. The van der Waals surface area contributed by atoms with Crippen LogP contribution in [0.3, 0.4) is 0 Å². The van der Waals surface area contributed by atoms with Crippen LogP contribution in [0.1, 0.15) is 11.4 Å². The number of thiophene rings is 1. The van der Waals surface area contributed by atoms with Gasteiger partial charge in [-0.2, -0.15) is 5.10 Å². The second kappa shape index (κ2) is 4.51. The number of benzene rings is 1. The summed E-state index contributed by atoms with van der Waals surface area (Å²) >= 11 is 1.65. The summed E-state index contributed by atoms with van der Waals surface area (Å²) < 4.78 is 0. The summed E-state index contributed by atoms with van der Waals surface area (Å²) in [5.41, 5.74) is 1.24. The molecule has 1 aromatic carbocycles. The van der Waals surface area contributed by atoms with Crippen LogP contribution in [0, 0.1) is 0 Å². The van der Waals surface area contributed by atoms with Gasteiger partial charge in [0.05, 0.1) is 4.88 Å². The summed E-state index contributed by atoms with van der Waals surface area (Å²) in [6.07, 6.45) is 0.791. The summed E-state index contributed by atoms with van der Waals surface area (Å²) in [6.45, 7) is 0. The highest BCUT2D eigenvalue weighted by atomic mass is 32.1. The standard InChI is InChI=1S/C13H11N3S/c1-2-5-10(6-3-1)9-12-14-13(16-15-12)11-7-4-8-17-11/h1-8H,9H2,(H,14,15,16). The van der Waals surface area contributed by atoms with Gasteiger partial charge in [0.15, 0.2) is 5.82 Å². The SMILES string of the molecule is c1ccc(Cc2nc(-c3cccs3)n[nH]2)cc1. The van der Waals surface area contributed by atoms with Crippen LogP contribution in [-0.4, -0.2) is 15.2 Å². The van der Waals surface area contributed by atoms with E-state index in [1.165, 1.54) is 5.56 Å². The first-order valence-corrected chi connectivity index (χ1v) is 6.29. The third-order valence-electron chi connectivity index (χ3n) is 2.49. The lowest BCUT2D eigenvalue weighted by molar-refractivity contribution is 0.973. The molecule has 0 aliphatic heterocycles. The Morgan fingerprint density at radius 1 is 1.06 bits per heavy atom. The zero-order valence-corrected chi connectivity index (χ0v) is 9.95. The van der Waals surface area contributed by atoms with Gasteiger partial charge >= 0.3 is 0 Å². The first-order valence-electron chi connectivity index (χ1n) is 5.41. The Morgan fingerprint density at radius 2 is 1.94 bits per heavy atom. The molecule has 4 heteroatoms. The van der Waals surface area contributed by atoms with Gasteiger partial charge in [-0.1, -0.05) is 36.4 Å². The third kappa shape index (κ3) is 2.26. The molecule has 0 saturated heterocycles. The molecule has 0 unspecified atom stereocenters. The average Bonchev–Trinajstić information content (AvgIpc) is 3.00. The molecule has 3 nitrogen and oxygen atoms in total. The Labute approximate surface area is 103 Å². The molecule has 0 atom stereocenters. The van der Waals surface area contributed by atoms with Crippen LogP contribution in [-0.2, 0) is 6.42 Å². The molecule has 3 rings (SSSR count). The first-order chi connectivity index (χ1) is 8.42. The van der Waals surface area contributed by atoms with Gasteiger partial charge < -0.3 is 0 Å². The Bertz CT molecular complexity index is 584. The van der Waals surface area contributed by atoms with Crippen LogP contribution < -0.4 is 0 Å². The lowest BCUT2D eigenvalue weighted by atomic mass is 10.1. The molecular weight excluding hydrogens is 230 g/mol. The molecule has 2 aromatic heterocycles. The monoisotopic (exact) mass is 241 g/mol. The van der Waals surface area contributed by atoms with E-state index in [-0.39, 0.29) is 0 Å². The number of nitrogens with one attached hydrogen (secondary N) is 1. The maximum atomic E-state index is 4.49. The molecule has 0 fully saturated rings. The van der Waals surface area contributed by atoms with E-state index in [2.05, 4.69) is 27.3 Å². The minimum absolute atomic E-state index is 0.783. The molecule has 0 amide bonds. The molecule has 0 aliphatic carbocycles. The van der Waals surface area contributed by atoms with E-state index in [4.69, 9.17) is 0 Å². The van der Waals surface area contributed by atoms with E-state index in [9.17, 15) is 0 Å². The molecule has 2 heterocycles. The number of nitrogens with zero attached hydrogens (tertiary/aromatic N) is 2. The van der Waals surface area contributed by atoms with Crippen molar-refractivity contribution in [3.8, 4) is 10.7 Å². The van der Waals surface area contributed by atoms with E-state index in [0.717, 1.165) is 22.9 Å². The number of hydrogen-bond donors (Lipinski definition) is 1. The minimum Gasteiger partial charge on any atom is -0.262 e. The van der Waals surface area contributed by atoms with Crippen molar-refractivity contribution in [2.75, 3.05) is 0 Å². The van der Waals surface area contributed by atoms with E-state index in [0.29, 0.717) is 0 Å². The molecule has 17 heavy (non-hydrogen) atoms. The van der Waals surface area contributed by atoms with Gasteiger partial charge in [0.25, 0.3) is 0 Å². The number of aromatic amines is 1. The molecule has 84 valence electrons. The Hall–Kier alpha value is -1.94. The van der Waals surface area contributed by atoms with E-state index < -0.39 is 0 Å². The Morgan fingerprint density at radius 3 is 2.71 bits per heavy atom. The normalized spacial score (nSPS) is 10.6. The first kappa shape index (κ1) is 10.2. The van der Waals surface area contributed by atoms with Crippen molar-refractivity contribution in [1.29, 1.82) is 0 Å². The number of hydrogen-bond acceptors (Lipinski definition) is 3. The summed E-state index contributed by atoms with van der Waals surface area (Å²) in [5, 5.41) is 9.25. The van der Waals surface area contributed by atoms with E-state index in [1.807, 2.05) is 35.7 Å². The summed E-state index contributed by atoms with van der Waals surface area (Å²) in [5.74, 6) is 1.69. The predicted octanol–water partition coefficient (Wildman–Crippen LogP) is 3.12. The van der Waals surface area contributed by atoms with Crippen LogP contribution in [0.25, 0.3) is 10.7 Å². The Balaban J connectivity index is 1.82. The van der Waals surface area contributed by atoms with Gasteiger partial charge in [-0.25, -0.2) is 4.98 Å². The van der Waals surface area contributed by atoms with Gasteiger partial charge in [0.1, 0.15) is 5.82 Å². The van der Waals surface area contributed by atoms with Crippen molar-refractivity contribution in [3.05, 3.63) is 59.2 Å². The highest BCUT2D eigenvalue weighted by Gasteiger charge is 2.06. The Kier molecular flexibility index (Phi) is 2.71. The average molecular weight is 241 g/mol. The molecular formula is C13H11N3S. The largest absolute Gasteiger partial charge is 0.262 e. The maximum absolute atomic E-state index is 4.49. The highest BCUT2D eigenvalue weighted by Crippen LogP contribution is 2.20. The fourth-order valence-electron chi connectivity index (χ4n) is 1.68. The zero-order valence-electron chi connectivity index (χ0n) is 9.13. The van der Waals surface area contributed by atoms with Gasteiger partial charge in [-0.15, -0.1) is 11.3 Å². The van der Waals surface area contributed by atoms with Gasteiger partial charge in [-0.05, 0) is 17.0 Å². The number of aromatic nitrogens is 3. The quantitative estimate of drug-likeness (QED) is 0.765. The van der Waals surface area contributed by atoms with Crippen molar-refractivity contribution in [3.63, 3.8) is 0 Å². The van der Waals surface area contributed by atoms with E-state index >= 15 is 0 Å². The molecule has 3 aromatic rings. The molecule has 0 radical (unpaired) electrons. The molecule has 0 aliphatic rings. The fraction of sp³-hybridized carbons (Fsp3) is 0.0769. The molecule has 1 N–H and O–H groups in total. The van der Waals surface area contributed by atoms with Gasteiger partial charge in [0, 0.05) is 6.42 Å². The zero-order chi connectivity index (χ0) is 11.5. The van der Waals surface area contributed by atoms with Crippen molar-refractivity contribution in [2.24, 2.45) is 0 Å². The summed E-state index contributed by atoms with van der Waals surface area (Å²) in [4.78, 5) is 5.59. The van der Waals surface area contributed by atoms with Crippen LogP contribution >= 0.6 is 11.3 Å². The lowest BCUT2D eigenvalue weighted by Crippen LogP contribution is -1.89. The third-order valence-corrected chi connectivity index (χ3v) is 3.35. The fourth-order valence-corrected chi connectivity index (χ4v) is 2.34. The van der Waals surface area contributed by atoms with Crippen molar-refractivity contribution in [2.45, 2.75) is 6.42 Å². The predicted molar refractivity (Wildman–Crippen MR) is 68.9 cm³/mol. The van der Waals surface area contributed by atoms with Crippen LogP contribution in [0.15, 0.2) is 47.8 Å². The topological polar surface area (TPSA) is 41.6 Å². The number of H-pyrrole nitrogens is 1. The second-order valence-electron chi connectivity index (χ2n) is 3.75. The molecule has 0 spiro atoms. The smallest absolute Gasteiger partial charge is 0.191 e. The summed E-state index contributed by atoms with van der Waals surface area (Å²) in [6, 6.07) is 14.3. The van der Waals surface area contributed by atoms with Crippen molar-refractivity contribution >= 4 is 11.3 Å². The van der Waals surface area contributed by atoms with Crippen molar-refractivity contribution in [1.82, 2.24) is 15.2 Å². The van der Waals surface area contributed by atoms with Crippen LogP contribution in [0.4, 0.5) is 0 Å².